The van der Waals surface area contributed by atoms with E-state index in [1.54, 1.807) is 4.57 Å². The quantitative estimate of drug-likeness (QED) is 0.420. The molecule has 0 bridgehead atoms. The van der Waals surface area contributed by atoms with Gasteiger partial charge >= 0.3 is 5.69 Å². The van der Waals surface area contributed by atoms with Gasteiger partial charge < -0.3 is 9.88 Å². The lowest BCUT2D eigenvalue weighted by molar-refractivity contribution is -0.384. The molecular formula is C21H26N6O5. The van der Waals surface area contributed by atoms with Crippen LogP contribution in [0.4, 0.5) is 11.4 Å². The smallest absolute Gasteiger partial charge is 0.324 e. The number of anilines is 1. The Hall–Kier alpha value is -3.76. The van der Waals surface area contributed by atoms with Crippen LogP contribution in [0.3, 0.4) is 0 Å². The molecule has 11 nitrogen and oxygen atoms in total. The van der Waals surface area contributed by atoms with Gasteiger partial charge in [0.05, 0.1) is 11.3 Å². The van der Waals surface area contributed by atoms with Gasteiger partial charge in [-0.15, -0.1) is 0 Å². The Labute approximate surface area is 183 Å². The number of nitro groups is 1. The summed E-state index contributed by atoms with van der Waals surface area (Å²) in [6, 6.07) is 5.44. The van der Waals surface area contributed by atoms with Crippen molar-refractivity contribution < 1.29 is 9.72 Å². The summed E-state index contributed by atoms with van der Waals surface area (Å²) in [5.41, 5.74) is -0.645. The molecule has 0 saturated carbocycles. The SMILES string of the molecule is CC(C)Cn1cnc2c1c(=O)n(CC(=O)Nc1cccc([N+](=O)[O-])c1)c(=O)n2CC(C)C. The van der Waals surface area contributed by atoms with Crippen LogP contribution < -0.4 is 16.6 Å². The van der Waals surface area contributed by atoms with Crippen molar-refractivity contribution in [3.8, 4) is 0 Å². The first kappa shape index (κ1) is 22.9. The second-order valence-corrected chi connectivity index (χ2v) is 8.50. The van der Waals surface area contributed by atoms with Crippen LogP contribution in [0.15, 0.2) is 40.2 Å². The number of aromatic nitrogens is 4. The zero-order chi connectivity index (χ0) is 23.6. The molecule has 0 aliphatic heterocycles. The average molecular weight is 442 g/mol. The van der Waals surface area contributed by atoms with Crippen LogP contribution in [0.2, 0.25) is 0 Å². The Bertz CT molecular complexity index is 1280. The molecule has 1 aromatic carbocycles. The normalized spacial score (nSPS) is 11.4. The van der Waals surface area contributed by atoms with Crippen LogP contribution in [0.1, 0.15) is 27.7 Å². The molecule has 0 atom stereocenters. The van der Waals surface area contributed by atoms with Crippen molar-refractivity contribution >= 4 is 28.4 Å². The van der Waals surface area contributed by atoms with E-state index in [1.165, 1.54) is 35.2 Å². The minimum atomic E-state index is -0.643. The number of carbonyl (C=O) groups excluding carboxylic acids is 1. The highest BCUT2D eigenvalue weighted by Crippen LogP contribution is 2.17. The summed E-state index contributed by atoms with van der Waals surface area (Å²) in [5, 5.41) is 13.5. The molecule has 0 aliphatic carbocycles. The van der Waals surface area contributed by atoms with E-state index < -0.39 is 28.6 Å². The maximum atomic E-state index is 13.2. The Kier molecular flexibility index (Phi) is 6.56. The third kappa shape index (κ3) is 4.76. The van der Waals surface area contributed by atoms with Crippen molar-refractivity contribution in [1.82, 2.24) is 18.7 Å². The van der Waals surface area contributed by atoms with E-state index in [4.69, 9.17) is 0 Å². The minimum absolute atomic E-state index is 0.107. The van der Waals surface area contributed by atoms with Crippen LogP contribution >= 0.6 is 0 Å². The van der Waals surface area contributed by atoms with E-state index in [9.17, 15) is 24.5 Å². The van der Waals surface area contributed by atoms with Crippen molar-refractivity contribution in [3.63, 3.8) is 0 Å². The molecular weight excluding hydrogens is 416 g/mol. The second-order valence-electron chi connectivity index (χ2n) is 8.50. The van der Waals surface area contributed by atoms with Gasteiger partial charge in [0, 0.05) is 30.9 Å². The van der Waals surface area contributed by atoms with E-state index in [1.807, 2.05) is 27.7 Å². The molecule has 170 valence electrons. The zero-order valence-electron chi connectivity index (χ0n) is 18.4. The van der Waals surface area contributed by atoms with E-state index >= 15 is 0 Å². The number of imidazole rings is 1. The highest BCUT2D eigenvalue weighted by molar-refractivity contribution is 5.91. The summed E-state index contributed by atoms with van der Waals surface area (Å²) in [7, 11) is 0. The largest absolute Gasteiger partial charge is 0.333 e. The van der Waals surface area contributed by atoms with E-state index in [0.29, 0.717) is 18.7 Å². The van der Waals surface area contributed by atoms with Crippen molar-refractivity contribution in [1.29, 1.82) is 0 Å². The van der Waals surface area contributed by atoms with Crippen molar-refractivity contribution in [2.75, 3.05) is 5.32 Å². The summed E-state index contributed by atoms with van der Waals surface area (Å²) in [5.74, 6) is -0.297. The Morgan fingerprint density at radius 3 is 2.44 bits per heavy atom. The molecule has 0 aliphatic rings. The van der Waals surface area contributed by atoms with Gasteiger partial charge in [-0.05, 0) is 17.9 Å². The van der Waals surface area contributed by atoms with Gasteiger partial charge in [0.2, 0.25) is 5.91 Å². The average Bonchev–Trinajstić information content (AvgIpc) is 3.11. The number of nitrogens with one attached hydrogen (secondary N) is 1. The number of nitrogens with zero attached hydrogens (tertiary/aromatic N) is 5. The molecule has 0 fully saturated rings. The number of rotatable bonds is 8. The summed E-state index contributed by atoms with van der Waals surface area (Å²) in [6.07, 6.45) is 1.54. The molecule has 11 heteroatoms. The first-order chi connectivity index (χ1) is 15.1. The maximum absolute atomic E-state index is 13.2. The van der Waals surface area contributed by atoms with Crippen LogP contribution in [-0.2, 0) is 24.4 Å². The van der Waals surface area contributed by atoms with Crippen molar-refractivity contribution in [2.45, 2.75) is 47.3 Å². The Morgan fingerprint density at radius 2 is 1.81 bits per heavy atom. The Morgan fingerprint density at radius 1 is 1.12 bits per heavy atom. The van der Waals surface area contributed by atoms with Gasteiger partial charge in [-0.1, -0.05) is 33.8 Å². The third-order valence-electron chi connectivity index (χ3n) is 4.74. The molecule has 3 aromatic rings. The first-order valence-corrected chi connectivity index (χ1v) is 10.3. The van der Waals surface area contributed by atoms with Crippen LogP contribution in [-0.4, -0.2) is 29.5 Å². The van der Waals surface area contributed by atoms with Crippen LogP contribution in [0.5, 0.6) is 0 Å². The van der Waals surface area contributed by atoms with Gasteiger partial charge in [0.25, 0.3) is 11.2 Å². The number of carbonyl (C=O) groups is 1. The monoisotopic (exact) mass is 442 g/mol. The van der Waals surface area contributed by atoms with Gasteiger partial charge in [-0.25, -0.2) is 14.3 Å². The number of hydrogen-bond acceptors (Lipinski definition) is 6. The Balaban J connectivity index is 2.04. The number of non-ortho nitro benzene ring substituents is 1. The first-order valence-electron chi connectivity index (χ1n) is 10.3. The summed E-state index contributed by atoms with van der Waals surface area (Å²) in [4.78, 5) is 53.6. The molecule has 2 heterocycles. The van der Waals surface area contributed by atoms with Gasteiger partial charge in [-0.2, -0.15) is 0 Å². The van der Waals surface area contributed by atoms with Crippen LogP contribution in [0, 0.1) is 22.0 Å². The minimum Gasteiger partial charge on any atom is -0.324 e. The van der Waals surface area contributed by atoms with Gasteiger partial charge in [0.1, 0.15) is 6.54 Å². The predicted octanol–water partition coefficient (Wildman–Crippen LogP) is 2.22. The fourth-order valence-corrected chi connectivity index (χ4v) is 3.48. The number of fused-ring (bicyclic) bond motifs is 1. The fourth-order valence-electron chi connectivity index (χ4n) is 3.48. The molecule has 0 unspecified atom stereocenters. The lowest BCUT2D eigenvalue weighted by atomic mass is 10.2. The number of benzene rings is 1. The summed E-state index contributed by atoms with van der Waals surface area (Å²) < 4.78 is 4.00. The molecule has 0 saturated heterocycles. The van der Waals surface area contributed by atoms with E-state index in [2.05, 4.69) is 10.3 Å². The second kappa shape index (κ2) is 9.16. The lowest BCUT2D eigenvalue weighted by Crippen LogP contribution is -2.43. The summed E-state index contributed by atoms with van der Waals surface area (Å²) in [6.45, 7) is 8.22. The molecule has 1 amide bonds. The lowest BCUT2D eigenvalue weighted by Gasteiger charge is -2.14. The topological polar surface area (TPSA) is 134 Å². The van der Waals surface area contributed by atoms with E-state index in [-0.39, 0.29) is 28.7 Å². The van der Waals surface area contributed by atoms with E-state index in [0.717, 1.165) is 4.57 Å². The molecule has 0 radical (unpaired) electrons. The highest BCUT2D eigenvalue weighted by atomic mass is 16.6. The molecule has 1 N–H and O–H groups in total. The maximum Gasteiger partial charge on any atom is 0.333 e. The molecule has 2 aromatic heterocycles. The molecule has 3 rings (SSSR count). The van der Waals surface area contributed by atoms with Crippen molar-refractivity contribution in [3.05, 3.63) is 61.5 Å². The standard InChI is InChI=1S/C21H26N6O5/c1-13(2)9-24-12-22-19-18(24)20(29)26(21(30)25(19)10-14(3)4)11-17(28)23-15-6-5-7-16(8-15)27(31)32/h5-8,12-14H,9-11H2,1-4H3,(H,23,28). The van der Waals surface area contributed by atoms with Crippen LogP contribution in [0.25, 0.3) is 11.2 Å². The predicted molar refractivity (Wildman–Crippen MR) is 120 cm³/mol. The molecule has 0 spiro atoms. The number of nitro benzene ring substituents is 1. The molecule has 32 heavy (non-hydrogen) atoms. The third-order valence-corrected chi connectivity index (χ3v) is 4.74. The number of amides is 1. The summed E-state index contributed by atoms with van der Waals surface area (Å²) >= 11 is 0. The highest BCUT2D eigenvalue weighted by Gasteiger charge is 2.21. The fraction of sp³-hybridized carbons (Fsp3) is 0.429. The number of hydrogen-bond donors (Lipinski definition) is 1. The zero-order valence-corrected chi connectivity index (χ0v) is 18.4. The van der Waals surface area contributed by atoms with Crippen molar-refractivity contribution in [2.24, 2.45) is 11.8 Å². The van der Waals surface area contributed by atoms with Gasteiger partial charge in [-0.3, -0.25) is 24.3 Å². The van der Waals surface area contributed by atoms with Gasteiger partial charge in [0.15, 0.2) is 11.2 Å².